The fraction of sp³-hybridized carbons (Fsp3) is 0.318. The van der Waals surface area contributed by atoms with Crippen molar-refractivity contribution in [1.82, 2.24) is 15.3 Å². The number of nitrogens with zero attached hydrogens (tertiary/aromatic N) is 2. The molecule has 2 aromatic rings. The van der Waals surface area contributed by atoms with Crippen LogP contribution >= 0.6 is 34.7 Å². The van der Waals surface area contributed by atoms with Gasteiger partial charge in [-0.2, -0.15) is 0 Å². The summed E-state index contributed by atoms with van der Waals surface area (Å²) in [4.78, 5) is 21.2. The minimum atomic E-state index is -0.702. The normalized spacial score (nSPS) is 19.6. The maximum absolute atomic E-state index is 14.4. The molecule has 0 saturated heterocycles. The van der Waals surface area contributed by atoms with Crippen LogP contribution in [-0.4, -0.2) is 28.1 Å². The summed E-state index contributed by atoms with van der Waals surface area (Å²) in [6.45, 7) is 5.48. The SMILES string of the molecule is CCCC1C=c2ncnc(Nc3cc(Cl)c(Cl)cc3F)c2=CC1(C)NC(=O)/C=C/C[B]Cl. The van der Waals surface area contributed by atoms with Crippen molar-refractivity contribution in [3.05, 3.63) is 57.0 Å². The summed E-state index contributed by atoms with van der Waals surface area (Å²) in [5, 5.41) is 7.77. The van der Waals surface area contributed by atoms with Gasteiger partial charge in [0.25, 0.3) is 0 Å². The predicted octanol–water partition coefficient (Wildman–Crippen LogP) is 4.36. The topological polar surface area (TPSA) is 66.9 Å². The number of carbonyl (C=O) groups is 1. The van der Waals surface area contributed by atoms with Crippen LogP contribution in [0.2, 0.25) is 16.4 Å². The van der Waals surface area contributed by atoms with Gasteiger partial charge >= 0.3 is 0 Å². The van der Waals surface area contributed by atoms with E-state index in [-0.39, 0.29) is 27.6 Å². The monoisotopic (exact) mass is 493 g/mol. The van der Waals surface area contributed by atoms with Gasteiger partial charge in [0.05, 0.1) is 26.6 Å². The summed E-state index contributed by atoms with van der Waals surface area (Å²) >= 11 is 17.5. The van der Waals surface area contributed by atoms with E-state index in [4.69, 9.17) is 34.7 Å². The molecule has 1 aromatic carbocycles. The van der Waals surface area contributed by atoms with E-state index < -0.39 is 11.4 Å². The molecule has 5 nitrogen and oxygen atoms in total. The second-order valence-electron chi connectivity index (χ2n) is 7.66. The molecule has 0 saturated carbocycles. The second-order valence-corrected chi connectivity index (χ2v) is 8.79. The first-order valence-corrected chi connectivity index (χ1v) is 11.3. The molecule has 167 valence electrons. The van der Waals surface area contributed by atoms with Crippen molar-refractivity contribution in [1.29, 1.82) is 0 Å². The lowest BCUT2D eigenvalue weighted by Crippen LogP contribution is -2.54. The number of aromatic nitrogens is 2. The minimum Gasteiger partial charge on any atom is -0.343 e. The van der Waals surface area contributed by atoms with Gasteiger partial charge < -0.3 is 10.6 Å². The molecule has 1 aliphatic rings. The van der Waals surface area contributed by atoms with Crippen molar-refractivity contribution >= 4 is 70.9 Å². The van der Waals surface area contributed by atoms with Crippen molar-refractivity contribution in [2.45, 2.75) is 38.5 Å². The molecular weight excluding hydrogens is 472 g/mol. The third-order valence-electron chi connectivity index (χ3n) is 5.24. The summed E-state index contributed by atoms with van der Waals surface area (Å²) in [5.74, 6) is -0.387. The molecule has 32 heavy (non-hydrogen) atoms. The fourth-order valence-electron chi connectivity index (χ4n) is 3.66. The van der Waals surface area contributed by atoms with Gasteiger partial charge in [0.15, 0.2) is 0 Å². The average molecular weight is 495 g/mol. The van der Waals surface area contributed by atoms with Crippen molar-refractivity contribution in [3.8, 4) is 0 Å². The highest BCUT2D eigenvalue weighted by Crippen LogP contribution is 2.30. The molecular formula is C22H22BCl3FN4O. The van der Waals surface area contributed by atoms with E-state index in [1.807, 2.05) is 19.1 Å². The Balaban J connectivity index is 2.04. The summed E-state index contributed by atoms with van der Waals surface area (Å²) in [7, 11) is 0. The largest absolute Gasteiger partial charge is 0.343 e. The Kier molecular flexibility index (Phi) is 8.20. The van der Waals surface area contributed by atoms with Gasteiger partial charge in [-0.25, -0.2) is 25.8 Å². The number of amides is 1. The van der Waals surface area contributed by atoms with E-state index in [1.54, 1.807) is 6.08 Å². The number of halogens is 4. The van der Waals surface area contributed by atoms with E-state index in [9.17, 15) is 9.18 Å². The lowest BCUT2D eigenvalue weighted by molar-refractivity contribution is -0.117. The number of benzene rings is 1. The molecule has 1 aliphatic carbocycles. The van der Waals surface area contributed by atoms with Gasteiger partial charge in [-0.05, 0) is 43.9 Å². The predicted molar refractivity (Wildman–Crippen MR) is 130 cm³/mol. The summed E-state index contributed by atoms with van der Waals surface area (Å²) in [6, 6.07) is 2.54. The average Bonchev–Trinajstić information content (AvgIpc) is 2.73. The highest BCUT2D eigenvalue weighted by atomic mass is 35.5. The number of anilines is 2. The van der Waals surface area contributed by atoms with Crippen LogP contribution in [-0.2, 0) is 4.79 Å². The Morgan fingerprint density at radius 2 is 2.06 bits per heavy atom. The number of hydrogen-bond acceptors (Lipinski definition) is 4. The standard InChI is InChI=1S/C22H22BCl3FN4O/c1-3-5-13-8-18-14(11-22(13,2)31-20(32)6-4-7-23-26)21(29-12-28-18)30-19-10-16(25)15(24)9-17(19)27/h4,6,8-13H,3,5,7H2,1-2H3,(H,31,32)(H,28,29,30)/b6-4+. The van der Waals surface area contributed by atoms with Crippen LogP contribution in [0.4, 0.5) is 15.9 Å². The highest BCUT2D eigenvalue weighted by Gasteiger charge is 2.34. The molecule has 1 amide bonds. The van der Waals surface area contributed by atoms with Crippen molar-refractivity contribution in [2.24, 2.45) is 5.92 Å². The summed E-state index contributed by atoms with van der Waals surface area (Å²) in [5.41, 5.74) is -0.567. The Labute approximate surface area is 201 Å². The minimum absolute atomic E-state index is 0.0152. The van der Waals surface area contributed by atoms with Gasteiger partial charge in [0.1, 0.15) is 18.0 Å². The van der Waals surface area contributed by atoms with Crippen LogP contribution in [0.15, 0.2) is 30.6 Å². The van der Waals surface area contributed by atoms with E-state index >= 15 is 0 Å². The first-order valence-electron chi connectivity index (χ1n) is 10.1. The molecule has 3 rings (SSSR count). The third kappa shape index (κ3) is 5.63. The number of nitrogens with one attached hydrogen (secondary N) is 2. The molecule has 2 unspecified atom stereocenters. The lowest BCUT2D eigenvalue weighted by Gasteiger charge is -2.36. The van der Waals surface area contributed by atoms with Crippen LogP contribution in [0, 0.1) is 11.7 Å². The third-order valence-corrected chi connectivity index (χ3v) is 6.14. The first-order chi connectivity index (χ1) is 15.3. The number of rotatable bonds is 8. The smallest absolute Gasteiger partial charge is 0.244 e. The summed E-state index contributed by atoms with van der Waals surface area (Å²) < 4.78 is 14.4. The van der Waals surface area contributed by atoms with E-state index in [2.05, 4.69) is 27.5 Å². The van der Waals surface area contributed by atoms with Crippen LogP contribution < -0.4 is 21.2 Å². The zero-order valence-electron chi connectivity index (χ0n) is 17.6. The van der Waals surface area contributed by atoms with Crippen LogP contribution in [0.25, 0.3) is 12.2 Å². The molecule has 0 aliphatic heterocycles. The number of carbonyl (C=O) groups excluding carboxylic acids is 1. The van der Waals surface area contributed by atoms with Crippen LogP contribution in [0.5, 0.6) is 0 Å². The van der Waals surface area contributed by atoms with Gasteiger partial charge in [-0.1, -0.05) is 48.7 Å². The van der Waals surface area contributed by atoms with E-state index in [0.717, 1.165) is 18.9 Å². The molecule has 1 aromatic heterocycles. The Morgan fingerprint density at radius 3 is 2.78 bits per heavy atom. The maximum atomic E-state index is 14.4. The molecule has 1 radical (unpaired) electrons. The quantitative estimate of drug-likeness (QED) is 0.325. The zero-order valence-corrected chi connectivity index (χ0v) is 19.9. The van der Waals surface area contributed by atoms with Gasteiger partial charge in [0, 0.05) is 11.1 Å². The van der Waals surface area contributed by atoms with Crippen molar-refractivity contribution in [2.75, 3.05) is 5.32 Å². The second kappa shape index (κ2) is 10.7. The fourth-order valence-corrected chi connectivity index (χ4v) is 4.07. The highest BCUT2D eigenvalue weighted by molar-refractivity contribution is 6.93. The van der Waals surface area contributed by atoms with Gasteiger partial charge in [-0.3, -0.25) is 4.79 Å². The maximum Gasteiger partial charge on any atom is 0.244 e. The van der Waals surface area contributed by atoms with Crippen LogP contribution in [0.1, 0.15) is 26.7 Å². The van der Waals surface area contributed by atoms with Crippen molar-refractivity contribution in [3.63, 3.8) is 0 Å². The molecule has 0 fully saturated rings. The van der Waals surface area contributed by atoms with Gasteiger partial charge in [0.2, 0.25) is 12.6 Å². The molecule has 10 heteroatoms. The van der Waals surface area contributed by atoms with Gasteiger partial charge in [-0.15, -0.1) is 0 Å². The number of hydrogen-bond donors (Lipinski definition) is 2. The zero-order chi connectivity index (χ0) is 23.3. The summed E-state index contributed by atoms with van der Waals surface area (Å²) in [6.07, 6.45) is 10.8. The van der Waals surface area contributed by atoms with Crippen LogP contribution in [0.3, 0.4) is 0 Å². The molecule has 2 N–H and O–H groups in total. The molecule has 2 atom stereocenters. The van der Waals surface area contributed by atoms with Crippen molar-refractivity contribution < 1.29 is 9.18 Å². The molecule has 0 bridgehead atoms. The van der Waals surface area contributed by atoms with E-state index in [0.29, 0.717) is 22.7 Å². The number of fused-ring (bicyclic) bond motifs is 1. The first kappa shape index (κ1) is 24.6. The van der Waals surface area contributed by atoms with E-state index in [1.165, 1.54) is 25.2 Å². The number of allylic oxidation sites excluding steroid dienone is 1. The lowest BCUT2D eigenvalue weighted by atomic mass is 9.79. The Hall–Kier alpha value is -2.09. The molecule has 1 heterocycles. The Bertz CT molecular complexity index is 1160. The molecule has 0 spiro atoms. The Morgan fingerprint density at radius 1 is 1.31 bits per heavy atom.